The lowest BCUT2D eigenvalue weighted by Gasteiger charge is -2.10. The van der Waals surface area contributed by atoms with Gasteiger partial charge in [-0.15, -0.1) is 13.2 Å². The topological polar surface area (TPSA) is 26.3 Å². The van der Waals surface area contributed by atoms with Gasteiger partial charge in [0.15, 0.2) is 11.6 Å². The van der Waals surface area contributed by atoms with Gasteiger partial charge in [0.25, 0.3) is 0 Å². The molecule has 0 fully saturated rings. The van der Waals surface area contributed by atoms with E-state index in [0.29, 0.717) is 0 Å². The molecule has 0 aliphatic carbocycles. The summed E-state index contributed by atoms with van der Waals surface area (Å²) >= 11 is 0. The van der Waals surface area contributed by atoms with Crippen LogP contribution in [-0.2, 0) is 0 Å². The number of halogens is 6. The van der Waals surface area contributed by atoms with E-state index < -0.39 is 35.3 Å². The maximum atomic E-state index is 12.7. The minimum atomic E-state index is -5.23. The van der Waals surface area contributed by atoms with Gasteiger partial charge in [-0.2, -0.15) is 4.39 Å². The smallest absolute Gasteiger partial charge is 0.403 e. The molecule has 0 amide bonds. The molecular formula is C8H2F6O2. The first-order valence-corrected chi connectivity index (χ1v) is 3.65. The Morgan fingerprint density at radius 1 is 1.12 bits per heavy atom. The molecule has 0 saturated carbocycles. The largest absolute Gasteiger partial charge is 0.573 e. The molecule has 0 aliphatic heterocycles. The number of benzene rings is 1. The molecule has 8 heteroatoms. The van der Waals surface area contributed by atoms with Crippen LogP contribution in [0.1, 0.15) is 10.4 Å². The molecule has 0 radical (unpaired) electrons. The fraction of sp³-hybridized carbons (Fsp3) is 0.125. The van der Waals surface area contributed by atoms with Crippen molar-refractivity contribution in [2.24, 2.45) is 0 Å². The first-order chi connectivity index (χ1) is 7.20. The molecule has 0 N–H and O–H groups in total. The summed E-state index contributed by atoms with van der Waals surface area (Å²) in [5.74, 6) is -4.78. The predicted molar refractivity (Wildman–Crippen MR) is 38.5 cm³/mol. The van der Waals surface area contributed by atoms with Crippen LogP contribution in [-0.4, -0.2) is 12.4 Å². The van der Waals surface area contributed by atoms with E-state index in [1.165, 1.54) is 0 Å². The van der Waals surface area contributed by atoms with E-state index in [4.69, 9.17) is 0 Å². The molecule has 88 valence electrons. The monoisotopic (exact) mass is 244 g/mol. The second-order valence-corrected chi connectivity index (χ2v) is 2.58. The number of alkyl halides is 3. The first kappa shape index (κ1) is 12.3. The molecule has 0 spiro atoms. The van der Waals surface area contributed by atoms with Gasteiger partial charge < -0.3 is 4.74 Å². The average molecular weight is 244 g/mol. The maximum absolute atomic E-state index is 12.7. The van der Waals surface area contributed by atoms with Crippen LogP contribution in [0.2, 0.25) is 0 Å². The summed E-state index contributed by atoms with van der Waals surface area (Å²) < 4.78 is 75.7. The molecule has 0 heterocycles. The lowest BCUT2D eigenvalue weighted by molar-refractivity contribution is -0.275. The Morgan fingerprint density at radius 3 is 2.12 bits per heavy atom. The first-order valence-electron chi connectivity index (χ1n) is 3.65. The molecule has 0 atom stereocenters. The van der Waals surface area contributed by atoms with Crippen LogP contribution in [0.15, 0.2) is 12.1 Å². The van der Waals surface area contributed by atoms with Gasteiger partial charge in [0.1, 0.15) is 5.82 Å². The predicted octanol–water partition coefficient (Wildman–Crippen LogP) is 2.97. The van der Waals surface area contributed by atoms with Gasteiger partial charge in [-0.25, -0.2) is 8.78 Å². The summed E-state index contributed by atoms with van der Waals surface area (Å²) in [5, 5.41) is 0. The Bertz CT molecular complexity index is 425. The molecule has 0 saturated heterocycles. The second-order valence-electron chi connectivity index (χ2n) is 2.58. The number of carbonyl (C=O) groups is 1. The highest BCUT2D eigenvalue weighted by molar-refractivity contribution is 5.89. The summed E-state index contributed by atoms with van der Waals surface area (Å²) in [4.78, 5) is 10.1. The molecule has 0 aromatic heterocycles. The van der Waals surface area contributed by atoms with E-state index in [0.717, 1.165) is 0 Å². The highest BCUT2D eigenvalue weighted by atomic mass is 19.4. The third kappa shape index (κ3) is 2.88. The highest BCUT2D eigenvalue weighted by Crippen LogP contribution is 2.28. The Kier molecular flexibility index (Phi) is 3.11. The van der Waals surface area contributed by atoms with Crippen molar-refractivity contribution in [2.45, 2.75) is 6.36 Å². The third-order valence-electron chi connectivity index (χ3n) is 1.46. The number of hydrogen-bond acceptors (Lipinski definition) is 2. The van der Waals surface area contributed by atoms with Crippen LogP contribution in [0.4, 0.5) is 26.3 Å². The minimum absolute atomic E-state index is 0.000486. The summed E-state index contributed by atoms with van der Waals surface area (Å²) in [6.45, 7) is 0. The number of hydrogen-bond donors (Lipinski definition) is 0. The molecule has 0 bridgehead atoms. The van der Waals surface area contributed by atoms with E-state index >= 15 is 0 Å². The Morgan fingerprint density at radius 2 is 1.69 bits per heavy atom. The van der Waals surface area contributed by atoms with Crippen LogP contribution in [0, 0.1) is 11.6 Å². The molecular weight excluding hydrogens is 242 g/mol. The van der Waals surface area contributed by atoms with Gasteiger partial charge in [-0.3, -0.25) is 4.79 Å². The van der Waals surface area contributed by atoms with Crippen LogP contribution >= 0.6 is 0 Å². The van der Waals surface area contributed by atoms with E-state index in [9.17, 15) is 31.1 Å². The van der Waals surface area contributed by atoms with Crippen LogP contribution in [0.3, 0.4) is 0 Å². The van der Waals surface area contributed by atoms with Gasteiger partial charge in [0, 0.05) is 12.1 Å². The highest BCUT2D eigenvalue weighted by Gasteiger charge is 2.33. The maximum Gasteiger partial charge on any atom is 0.573 e. The van der Waals surface area contributed by atoms with Crippen molar-refractivity contribution in [3.8, 4) is 5.75 Å². The average Bonchev–Trinajstić information content (AvgIpc) is 2.07. The molecule has 0 unspecified atom stereocenters. The Balaban J connectivity index is 3.20. The third-order valence-corrected chi connectivity index (χ3v) is 1.46. The van der Waals surface area contributed by atoms with Crippen LogP contribution in [0.25, 0.3) is 0 Å². The van der Waals surface area contributed by atoms with Crippen molar-refractivity contribution in [2.75, 3.05) is 0 Å². The van der Waals surface area contributed by atoms with Gasteiger partial charge >= 0.3 is 12.4 Å². The van der Waals surface area contributed by atoms with Crippen LogP contribution in [0.5, 0.6) is 5.75 Å². The zero-order valence-corrected chi connectivity index (χ0v) is 7.24. The zero-order valence-electron chi connectivity index (χ0n) is 7.24. The molecule has 1 aromatic carbocycles. The molecule has 1 aromatic rings. The molecule has 16 heavy (non-hydrogen) atoms. The fourth-order valence-corrected chi connectivity index (χ4v) is 0.883. The van der Waals surface area contributed by atoms with Crippen molar-refractivity contribution in [3.05, 3.63) is 29.3 Å². The van der Waals surface area contributed by atoms with Gasteiger partial charge in [0.05, 0.1) is 5.56 Å². The number of carbonyl (C=O) groups excluding carboxylic acids is 1. The Labute approximate surface area is 84.4 Å². The fourth-order valence-electron chi connectivity index (χ4n) is 0.883. The zero-order chi connectivity index (χ0) is 12.5. The lowest BCUT2D eigenvalue weighted by atomic mass is 10.2. The van der Waals surface area contributed by atoms with Crippen molar-refractivity contribution < 1.29 is 35.9 Å². The minimum Gasteiger partial charge on any atom is -0.403 e. The lowest BCUT2D eigenvalue weighted by Crippen LogP contribution is -2.18. The van der Waals surface area contributed by atoms with Crippen LogP contribution < -0.4 is 4.74 Å². The second kappa shape index (κ2) is 4.03. The van der Waals surface area contributed by atoms with Gasteiger partial charge in [-0.1, -0.05) is 0 Å². The SMILES string of the molecule is O=C(F)c1cc(OC(F)(F)F)c(F)cc1F. The molecule has 1 rings (SSSR count). The summed E-state index contributed by atoms with van der Waals surface area (Å²) in [5.41, 5.74) is -1.33. The Hall–Kier alpha value is -1.73. The molecule has 0 aliphatic rings. The quantitative estimate of drug-likeness (QED) is 0.590. The van der Waals surface area contributed by atoms with Gasteiger partial charge in [0.2, 0.25) is 0 Å². The number of ether oxygens (including phenoxy) is 1. The van der Waals surface area contributed by atoms with E-state index in [1.54, 1.807) is 0 Å². The summed E-state index contributed by atoms with van der Waals surface area (Å²) in [6.07, 6.45) is -5.23. The standard InChI is InChI=1S/C8H2F6O2/c9-4-2-5(10)6(16-8(12,13)14)1-3(4)7(11)15/h1-2H. The normalized spacial score (nSPS) is 11.4. The van der Waals surface area contributed by atoms with E-state index in [1.807, 2.05) is 0 Å². The van der Waals surface area contributed by atoms with Gasteiger partial charge in [-0.05, 0) is 0 Å². The molecule has 2 nitrogen and oxygen atoms in total. The van der Waals surface area contributed by atoms with E-state index in [-0.39, 0.29) is 12.1 Å². The van der Waals surface area contributed by atoms with Crippen molar-refractivity contribution >= 4 is 6.04 Å². The summed E-state index contributed by atoms with van der Waals surface area (Å²) in [6, 6.07) is -2.40. The van der Waals surface area contributed by atoms with Crippen molar-refractivity contribution in [1.82, 2.24) is 0 Å². The van der Waals surface area contributed by atoms with Crippen molar-refractivity contribution in [3.63, 3.8) is 0 Å². The van der Waals surface area contributed by atoms with Crippen molar-refractivity contribution in [1.29, 1.82) is 0 Å². The summed E-state index contributed by atoms with van der Waals surface area (Å²) in [7, 11) is 0. The van der Waals surface area contributed by atoms with E-state index in [2.05, 4.69) is 4.74 Å². The number of rotatable bonds is 2.